The van der Waals surface area contributed by atoms with E-state index in [1.165, 1.54) is 6.42 Å². The van der Waals surface area contributed by atoms with Crippen LogP contribution in [0.4, 0.5) is 0 Å². The van der Waals surface area contributed by atoms with Gasteiger partial charge in [-0.2, -0.15) is 4.21 Å². The van der Waals surface area contributed by atoms with Crippen molar-refractivity contribution < 1.29 is 18.1 Å². The number of nitrogens with zero attached hydrogens (tertiary/aromatic N) is 1. The molecule has 0 aliphatic rings. The molecule has 0 fully saturated rings. The highest BCUT2D eigenvalue weighted by Crippen LogP contribution is 2.08. The zero-order valence-corrected chi connectivity index (χ0v) is 11.3. The lowest BCUT2D eigenvalue weighted by atomic mass is 10.0. The molecule has 0 aliphatic heterocycles. The number of Topliss-reactive ketones (excluding diaryl/α,β-unsaturated/α-hetero) is 1. The first-order valence-electron chi connectivity index (χ1n) is 5.35. The first-order chi connectivity index (χ1) is 7.36. The zero-order valence-electron chi connectivity index (χ0n) is 10.5. The van der Waals surface area contributed by atoms with Crippen LogP contribution in [0.1, 0.15) is 39.5 Å². The minimum Gasteiger partial charge on any atom is -0.300 e. The zero-order chi connectivity index (χ0) is 13.1. The fraction of sp³-hybridized carbons (Fsp3) is 0.900. The lowest BCUT2D eigenvalue weighted by molar-refractivity contribution is -0.123. The Morgan fingerprint density at radius 3 is 2.00 bits per heavy atom. The fourth-order valence-electron chi connectivity index (χ4n) is 1.34. The average molecular weight is 253 g/mol. The maximum atomic E-state index is 11.4. The molecule has 0 amide bonds. The Labute approximate surface area is 100 Å². The van der Waals surface area contributed by atoms with Crippen molar-refractivity contribution in [1.82, 2.24) is 4.90 Å². The van der Waals surface area contributed by atoms with Crippen LogP contribution in [0.2, 0.25) is 0 Å². The van der Waals surface area contributed by atoms with Gasteiger partial charge >= 0.3 is 0 Å². The molecule has 0 saturated carbocycles. The smallest absolute Gasteiger partial charge is 0.299 e. The van der Waals surface area contributed by atoms with Crippen molar-refractivity contribution in [2.45, 2.75) is 45.6 Å². The fourth-order valence-corrected chi connectivity index (χ4v) is 1.34. The third kappa shape index (κ3) is 11.8. The van der Waals surface area contributed by atoms with Gasteiger partial charge in [-0.3, -0.25) is 18.8 Å². The second-order valence-electron chi connectivity index (χ2n) is 3.67. The Kier molecular flexibility index (Phi) is 12.6. The van der Waals surface area contributed by atoms with Gasteiger partial charge in [0.15, 0.2) is 0 Å². The third-order valence-electron chi connectivity index (χ3n) is 2.17. The first kappa shape index (κ1) is 18.1. The average Bonchev–Trinajstić information content (AvgIpc) is 2.16. The van der Waals surface area contributed by atoms with Crippen LogP contribution in [-0.4, -0.2) is 44.1 Å². The molecule has 0 saturated heterocycles. The second kappa shape index (κ2) is 11.2. The largest absolute Gasteiger partial charge is 0.300 e. The molecular weight excluding hydrogens is 230 g/mol. The van der Waals surface area contributed by atoms with Crippen molar-refractivity contribution >= 4 is 17.1 Å². The van der Waals surface area contributed by atoms with Crippen LogP contribution in [0.3, 0.4) is 0 Å². The molecule has 0 rings (SSSR count). The summed E-state index contributed by atoms with van der Waals surface area (Å²) in [6.45, 7) is 4.09. The molecule has 5 nitrogen and oxygen atoms in total. The van der Waals surface area contributed by atoms with E-state index in [0.717, 1.165) is 12.8 Å². The van der Waals surface area contributed by atoms with Crippen LogP contribution in [0.25, 0.3) is 0 Å². The van der Waals surface area contributed by atoms with Crippen molar-refractivity contribution in [3.8, 4) is 0 Å². The van der Waals surface area contributed by atoms with E-state index in [0.29, 0.717) is 12.2 Å². The number of carbonyl (C=O) groups is 1. The molecule has 0 heterocycles. The summed E-state index contributed by atoms with van der Waals surface area (Å²) in [5.74, 6) is 0.369. The van der Waals surface area contributed by atoms with Gasteiger partial charge in [0.2, 0.25) is 0 Å². The van der Waals surface area contributed by atoms with Crippen molar-refractivity contribution in [3.05, 3.63) is 0 Å². The Hall–Kier alpha value is -0.300. The van der Waals surface area contributed by atoms with Crippen LogP contribution in [0.5, 0.6) is 0 Å². The van der Waals surface area contributed by atoms with Crippen LogP contribution < -0.4 is 0 Å². The number of carbonyl (C=O) groups excluding carboxylic acids is 1. The van der Waals surface area contributed by atoms with Gasteiger partial charge in [-0.1, -0.05) is 26.7 Å². The van der Waals surface area contributed by atoms with Gasteiger partial charge in [0.05, 0.1) is 6.04 Å². The van der Waals surface area contributed by atoms with E-state index in [1.54, 1.807) is 0 Å². The van der Waals surface area contributed by atoms with Gasteiger partial charge in [0.1, 0.15) is 5.78 Å². The van der Waals surface area contributed by atoms with E-state index in [9.17, 15) is 4.79 Å². The Balaban J connectivity index is 0. The molecule has 0 aromatic rings. The predicted octanol–water partition coefficient (Wildman–Crippen LogP) is 1.77. The monoisotopic (exact) mass is 253 g/mol. The lowest BCUT2D eigenvalue weighted by Gasteiger charge is -2.22. The molecular formula is C10H23NO4S. The summed E-state index contributed by atoms with van der Waals surface area (Å²) in [6, 6.07) is 0.148. The molecule has 16 heavy (non-hydrogen) atoms. The first-order valence-corrected chi connectivity index (χ1v) is 6.42. The van der Waals surface area contributed by atoms with Gasteiger partial charge < -0.3 is 0 Å². The van der Waals surface area contributed by atoms with Gasteiger partial charge in [-0.05, 0) is 20.5 Å². The molecule has 0 aromatic carbocycles. The number of unbranched alkanes of at least 4 members (excludes halogenated alkanes) is 1. The maximum Gasteiger partial charge on any atom is 0.299 e. The predicted molar refractivity (Wildman–Crippen MR) is 65.7 cm³/mol. The minimum absolute atomic E-state index is 0.148. The van der Waals surface area contributed by atoms with Crippen LogP contribution in [0.15, 0.2) is 0 Å². The second-order valence-corrected chi connectivity index (χ2v) is 4.13. The van der Waals surface area contributed by atoms with Gasteiger partial charge in [-0.25, -0.2) is 0 Å². The van der Waals surface area contributed by atoms with E-state index >= 15 is 0 Å². The summed E-state index contributed by atoms with van der Waals surface area (Å²) in [4.78, 5) is 13.4. The molecule has 0 aromatic heterocycles. The lowest BCUT2D eigenvalue weighted by Crippen LogP contribution is -2.35. The van der Waals surface area contributed by atoms with Crippen LogP contribution >= 0.6 is 0 Å². The summed E-state index contributed by atoms with van der Waals surface area (Å²) in [5, 5.41) is 0. The highest BCUT2D eigenvalue weighted by Gasteiger charge is 2.17. The molecule has 0 spiro atoms. The van der Waals surface area contributed by atoms with Gasteiger partial charge in [-0.15, -0.1) is 0 Å². The van der Waals surface area contributed by atoms with E-state index in [2.05, 4.69) is 6.92 Å². The van der Waals surface area contributed by atoms with Crippen LogP contribution in [-0.2, 0) is 16.2 Å². The molecule has 98 valence electrons. The quantitative estimate of drug-likeness (QED) is 0.705. The highest BCUT2D eigenvalue weighted by molar-refractivity contribution is 7.73. The number of rotatable bonds is 6. The normalized spacial score (nSPS) is 12.2. The Morgan fingerprint density at radius 1 is 1.31 bits per heavy atom. The van der Waals surface area contributed by atoms with Crippen molar-refractivity contribution in [1.29, 1.82) is 0 Å². The van der Waals surface area contributed by atoms with Crippen molar-refractivity contribution in [2.24, 2.45) is 0 Å². The van der Waals surface area contributed by atoms with Crippen molar-refractivity contribution in [2.75, 3.05) is 14.1 Å². The number of likely N-dealkylation sites (N-methyl/N-ethyl adjacent to an activating group) is 1. The van der Waals surface area contributed by atoms with Crippen molar-refractivity contribution in [3.63, 3.8) is 0 Å². The van der Waals surface area contributed by atoms with E-state index in [-0.39, 0.29) is 6.04 Å². The van der Waals surface area contributed by atoms with E-state index in [4.69, 9.17) is 13.3 Å². The maximum absolute atomic E-state index is 11.4. The van der Waals surface area contributed by atoms with Crippen LogP contribution in [0, 0.1) is 0 Å². The summed E-state index contributed by atoms with van der Waals surface area (Å²) in [6.07, 6.45) is 3.98. The Bertz CT molecular complexity index is 205. The summed E-state index contributed by atoms with van der Waals surface area (Å²) in [5.41, 5.74) is 0. The molecule has 6 heteroatoms. The standard InChI is InChI=1S/C10H21NO.H2O3S/c1-5-7-8-9(11(3)4)10(12)6-2;1-4(2)3/h9H,5-8H2,1-4H3;(H2,1,2,3). The summed E-state index contributed by atoms with van der Waals surface area (Å²) in [7, 11) is 3.96. The molecule has 0 bridgehead atoms. The molecule has 1 atom stereocenters. The SMILES string of the molecule is CCCCC(C(=O)CC)N(C)C.O=S(O)O. The van der Waals surface area contributed by atoms with Gasteiger partial charge in [0.25, 0.3) is 11.4 Å². The molecule has 0 radical (unpaired) electrons. The molecule has 1 unspecified atom stereocenters. The summed E-state index contributed by atoms with van der Waals surface area (Å²) < 4.78 is 22.8. The topological polar surface area (TPSA) is 77.8 Å². The molecule has 2 N–H and O–H groups in total. The highest BCUT2D eigenvalue weighted by atomic mass is 32.2. The van der Waals surface area contributed by atoms with Gasteiger partial charge in [0, 0.05) is 6.42 Å². The van der Waals surface area contributed by atoms with E-state index in [1.807, 2.05) is 25.9 Å². The number of ketones is 1. The Morgan fingerprint density at radius 2 is 1.75 bits per heavy atom. The number of hydrogen-bond donors (Lipinski definition) is 2. The number of hydrogen-bond acceptors (Lipinski definition) is 3. The van der Waals surface area contributed by atoms with E-state index < -0.39 is 11.4 Å². The summed E-state index contributed by atoms with van der Waals surface area (Å²) >= 11 is -2.61. The third-order valence-corrected chi connectivity index (χ3v) is 2.17. The minimum atomic E-state index is -2.61. The molecule has 0 aliphatic carbocycles.